The number of anilines is 1. The van der Waals surface area contributed by atoms with Gasteiger partial charge in [-0.15, -0.1) is 0 Å². The summed E-state index contributed by atoms with van der Waals surface area (Å²) >= 11 is 3.46. The van der Waals surface area contributed by atoms with Gasteiger partial charge in [-0.1, -0.05) is 101 Å². The third-order valence-electron chi connectivity index (χ3n) is 7.47. The highest BCUT2D eigenvalue weighted by atomic mass is 79.9. The van der Waals surface area contributed by atoms with Crippen LogP contribution < -0.4 is 9.62 Å². The predicted molar refractivity (Wildman–Crippen MR) is 179 cm³/mol. The second-order valence-corrected chi connectivity index (χ2v) is 13.6. The molecule has 0 fully saturated rings. The fourth-order valence-electron chi connectivity index (χ4n) is 4.74. The average molecular weight is 677 g/mol. The lowest BCUT2D eigenvalue weighted by Gasteiger charge is -2.34. The first-order valence-electron chi connectivity index (χ1n) is 14.6. The highest BCUT2D eigenvalue weighted by Gasteiger charge is 2.34. The molecule has 0 spiro atoms. The Kier molecular flexibility index (Phi) is 11.4. The molecule has 0 saturated carbocycles. The zero-order valence-corrected chi connectivity index (χ0v) is 27.6. The van der Waals surface area contributed by atoms with E-state index in [9.17, 15) is 18.0 Å². The average Bonchev–Trinajstić information content (AvgIpc) is 3.03. The number of carbonyl (C=O) groups is 2. The number of sulfonamides is 1. The Morgan fingerprint density at radius 1 is 0.818 bits per heavy atom. The highest BCUT2D eigenvalue weighted by Crippen LogP contribution is 2.25. The fraction of sp³-hybridized carbons (Fsp3) is 0.257. The summed E-state index contributed by atoms with van der Waals surface area (Å²) in [6, 6.07) is 31.2. The SMILES string of the molecule is CC[C@@H](C)NC(=O)[C@H](Cc1ccccc1)N(Cc1ccc(Br)cc1)C(=O)CN(c1ccccc1)S(=O)(=O)c1ccc(C)cc1. The van der Waals surface area contributed by atoms with Crippen molar-refractivity contribution in [1.82, 2.24) is 10.2 Å². The largest absolute Gasteiger partial charge is 0.352 e. The Morgan fingerprint density at radius 3 is 2.00 bits per heavy atom. The molecule has 0 aromatic heterocycles. The van der Waals surface area contributed by atoms with Crippen LogP contribution in [0.15, 0.2) is 119 Å². The molecule has 0 unspecified atom stereocenters. The number of benzene rings is 4. The van der Waals surface area contributed by atoms with Crippen LogP contribution in [0, 0.1) is 6.92 Å². The number of hydrogen-bond donors (Lipinski definition) is 1. The normalized spacial score (nSPS) is 12.6. The molecule has 2 amide bonds. The quantitative estimate of drug-likeness (QED) is 0.175. The molecule has 9 heteroatoms. The van der Waals surface area contributed by atoms with E-state index in [4.69, 9.17) is 0 Å². The van der Waals surface area contributed by atoms with Crippen molar-refractivity contribution in [3.05, 3.63) is 130 Å². The molecule has 0 bridgehead atoms. The van der Waals surface area contributed by atoms with E-state index in [2.05, 4.69) is 21.2 Å². The maximum Gasteiger partial charge on any atom is 0.264 e. The molecular formula is C35H38BrN3O4S. The number of para-hydroxylation sites is 1. The van der Waals surface area contributed by atoms with Gasteiger partial charge < -0.3 is 10.2 Å². The molecule has 0 radical (unpaired) electrons. The maximum atomic E-state index is 14.5. The predicted octanol–water partition coefficient (Wildman–Crippen LogP) is 6.51. The molecule has 0 aliphatic heterocycles. The van der Waals surface area contributed by atoms with Gasteiger partial charge in [-0.25, -0.2) is 8.42 Å². The Hall–Kier alpha value is -3.95. The minimum atomic E-state index is -4.13. The summed E-state index contributed by atoms with van der Waals surface area (Å²) in [5.74, 6) is -0.783. The van der Waals surface area contributed by atoms with Gasteiger partial charge in [0.05, 0.1) is 10.6 Å². The molecule has 4 aromatic carbocycles. The Labute approximate surface area is 269 Å². The monoisotopic (exact) mass is 675 g/mol. The van der Waals surface area contributed by atoms with Crippen LogP contribution in [0.25, 0.3) is 0 Å². The first-order valence-corrected chi connectivity index (χ1v) is 16.8. The van der Waals surface area contributed by atoms with Crippen LogP contribution in [0.1, 0.15) is 37.0 Å². The van der Waals surface area contributed by atoms with E-state index in [0.29, 0.717) is 5.69 Å². The summed E-state index contributed by atoms with van der Waals surface area (Å²) in [5.41, 5.74) is 2.97. The van der Waals surface area contributed by atoms with Crippen molar-refractivity contribution in [3.8, 4) is 0 Å². The second kappa shape index (κ2) is 15.2. The first-order chi connectivity index (χ1) is 21.1. The molecule has 2 atom stereocenters. The lowest BCUT2D eigenvalue weighted by Crippen LogP contribution is -2.54. The van der Waals surface area contributed by atoms with Gasteiger partial charge in [0.2, 0.25) is 11.8 Å². The van der Waals surface area contributed by atoms with Crippen molar-refractivity contribution in [2.75, 3.05) is 10.8 Å². The van der Waals surface area contributed by atoms with Crippen molar-refractivity contribution >= 4 is 43.5 Å². The maximum absolute atomic E-state index is 14.5. The van der Waals surface area contributed by atoms with E-state index in [1.165, 1.54) is 4.90 Å². The highest BCUT2D eigenvalue weighted by molar-refractivity contribution is 9.10. The first kappa shape index (κ1) is 33.0. The second-order valence-electron chi connectivity index (χ2n) is 10.8. The van der Waals surface area contributed by atoms with Gasteiger partial charge in [0.1, 0.15) is 12.6 Å². The number of nitrogens with zero attached hydrogens (tertiary/aromatic N) is 2. The number of aryl methyl sites for hydroxylation is 1. The smallest absolute Gasteiger partial charge is 0.264 e. The van der Waals surface area contributed by atoms with E-state index >= 15 is 0 Å². The molecule has 0 aliphatic carbocycles. The number of nitrogens with one attached hydrogen (secondary N) is 1. The van der Waals surface area contributed by atoms with Crippen LogP contribution in [-0.2, 0) is 32.6 Å². The van der Waals surface area contributed by atoms with E-state index < -0.39 is 28.5 Å². The number of carbonyl (C=O) groups excluding carboxylic acids is 2. The number of rotatable bonds is 13. The van der Waals surface area contributed by atoms with Gasteiger partial charge in [-0.2, -0.15) is 0 Å². The minimum absolute atomic E-state index is 0.0783. The molecule has 4 aromatic rings. The van der Waals surface area contributed by atoms with Gasteiger partial charge in [0.25, 0.3) is 10.0 Å². The van der Waals surface area contributed by atoms with Crippen LogP contribution in [0.5, 0.6) is 0 Å². The summed E-state index contributed by atoms with van der Waals surface area (Å²) in [5, 5.41) is 3.05. The van der Waals surface area contributed by atoms with Crippen LogP contribution in [0.4, 0.5) is 5.69 Å². The molecule has 230 valence electrons. The minimum Gasteiger partial charge on any atom is -0.352 e. The summed E-state index contributed by atoms with van der Waals surface area (Å²) in [6.45, 7) is 5.41. The number of amides is 2. The van der Waals surface area contributed by atoms with Crippen LogP contribution >= 0.6 is 15.9 Å². The third kappa shape index (κ3) is 8.57. The van der Waals surface area contributed by atoms with Crippen molar-refractivity contribution < 1.29 is 18.0 Å². The van der Waals surface area contributed by atoms with E-state index in [1.807, 2.05) is 75.4 Å². The lowest BCUT2D eigenvalue weighted by molar-refractivity contribution is -0.140. The van der Waals surface area contributed by atoms with Gasteiger partial charge >= 0.3 is 0 Å². The third-order valence-corrected chi connectivity index (χ3v) is 9.79. The van der Waals surface area contributed by atoms with Gasteiger partial charge in [0, 0.05) is 23.5 Å². The molecular weight excluding hydrogens is 638 g/mol. The molecule has 7 nitrogen and oxygen atoms in total. The summed E-state index contributed by atoms with van der Waals surface area (Å²) in [4.78, 5) is 29.9. The topological polar surface area (TPSA) is 86.8 Å². The molecule has 44 heavy (non-hydrogen) atoms. The van der Waals surface area contributed by atoms with Crippen molar-refractivity contribution in [1.29, 1.82) is 0 Å². The van der Waals surface area contributed by atoms with Crippen LogP contribution in [0.2, 0.25) is 0 Å². The Bertz CT molecular complexity index is 1630. The zero-order valence-electron chi connectivity index (χ0n) is 25.2. The van der Waals surface area contributed by atoms with Crippen molar-refractivity contribution in [3.63, 3.8) is 0 Å². The Morgan fingerprint density at radius 2 is 1.41 bits per heavy atom. The van der Waals surface area contributed by atoms with E-state index in [1.54, 1.807) is 54.6 Å². The van der Waals surface area contributed by atoms with E-state index in [-0.39, 0.29) is 29.8 Å². The fourth-order valence-corrected chi connectivity index (χ4v) is 6.42. The summed E-state index contributed by atoms with van der Waals surface area (Å²) < 4.78 is 30.1. The molecule has 0 saturated heterocycles. The van der Waals surface area contributed by atoms with Gasteiger partial charge in [0.15, 0.2) is 0 Å². The van der Waals surface area contributed by atoms with E-state index in [0.717, 1.165) is 31.9 Å². The number of hydrogen-bond acceptors (Lipinski definition) is 4. The Balaban J connectivity index is 1.78. The standard InChI is InChI=1S/C35H38BrN3O4S/c1-4-27(3)37-35(41)33(23-28-11-7-5-8-12-28)38(24-29-17-19-30(36)20-18-29)34(40)25-39(31-13-9-6-10-14-31)44(42,43)32-21-15-26(2)16-22-32/h5-22,27,33H,4,23-25H2,1-3H3,(H,37,41)/t27-,33+/m1/s1. The van der Waals surface area contributed by atoms with Crippen LogP contribution in [-0.4, -0.2) is 43.8 Å². The number of halogens is 1. The lowest BCUT2D eigenvalue weighted by atomic mass is 10.0. The van der Waals surface area contributed by atoms with Gasteiger partial charge in [-0.3, -0.25) is 13.9 Å². The van der Waals surface area contributed by atoms with Crippen molar-refractivity contribution in [2.24, 2.45) is 0 Å². The summed E-state index contributed by atoms with van der Waals surface area (Å²) in [7, 11) is -4.13. The van der Waals surface area contributed by atoms with Crippen molar-refractivity contribution in [2.45, 2.75) is 57.1 Å². The molecule has 4 rings (SSSR count). The molecule has 0 heterocycles. The van der Waals surface area contributed by atoms with Crippen LogP contribution in [0.3, 0.4) is 0 Å². The molecule has 0 aliphatic rings. The van der Waals surface area contributed by atoms with Gasteiger partial charge in [-0.05, 0) is 67.8 Å². The molecule has 1 N–H and O–H groups in total. The zero-order chi connectivity index (χ0) is 31.7. The summed E-state index contributed by atoms with van der Waals surface area (Å²) in [6.07, 6.45) is 0.989.